The third-order valence-electron chi connectivity index (χ3n) is 11.9. The van der Waals surface area contributed by atoms with Crippen molar-refractivity contribution >= 4 is 98.2 Å². The minimum atomic E-state index is 0.0742. The SMILES string of the molecule is c1ccc(-c2cccc(-c3cc4c5c(c3)c3ccccc3n5-c3cccc5c3B4c3cc4c6ccccc6sc4c4c6ccccc6n-5c34)c2)cc1. The molecule has 0 spiro atoms. The summed E-state index contributed by atoms with van der Waals surface area (Å²) < 4.78 is 7.87. The van der Waals surface area contributed by atoms with Crippen molar-refractivity contribution in [3.8, 4) is 33.6 Å². The lowest BCUT2D eigenvalue weighted by molar-refractivity contribution is 1.14. The maximum Gasteiger partial charge on any atom is 0.252 e. The van der Waals surface area contributed by atoms with E-state index in [0.717, 1.165) is 0 Å². The number of hydrogen-bond donors (Lipinski definition) is 0. The van der Waals surface area contributed by atoms with Crippen molar-refractivity contribution in [2.24, 2.45) is 0 Å². The van der Waals surface area contributed by atoms with E-state index in [-0.39, 0.29) is 6.71 Å². The number of hydrogen-bond acceptors (Lipinski definition) is 1. The molecule has 2 aliphatic heterocycles. The summed E-state index contributed by atoms with van der Waals surface area (Å²) in [6, 6.07) is 61.3. The van der Waals surface area contributed by atoms with E-state index >= 15 is 0 Å². The Morgan fingerprint density at radius 3 is 1.85 bits per heavy atom. The van der Waals surface area contributed by atoms with Crippen LogP contribution in [0.1, 0.15) is 0 Å². The molecule has 0 fully saturated rings. The molecule has 0 bridgehead atoms. The number of para-hydroxylation sites is 2. The van der Waals surface area contributed by atoms with Crippen molar-refractivity contribution in [1.29, 1.82) is 0 Å². The Morgan fingerprint density at radius 2 is 1.02 bits per heavy atom. The van der Waals surface area contributed by atoms with Crippen LogP contribution in [0, 0.1) is 0 Å². The van der Waals surface area contributed by atoms with Crippen molar-refractivity contribution in [2.45, 2.75) is 0 Å². The summed E-state index contributed by atoms with van der Waals surface area (Å²) in [5, 5.41) is 8.03. The standard InChI is InChI=1S/C48H27BN2S/c1-2-12-28(13-3-1)29-14-10-15-30(24-29)31-25-35-32-16-4-7-19-39(32)50-41-21-11-22-42-45(41)49(37(26-31)46(35)50)38-27-36-33-17-6-9-23-43(33)52-48(36)44-34-18-5-8-20-40(34)51(42)47(38)44/h1-27H. The maximum absolute atomic E-state index is 2.58. The maximum atomic E-state index is 2.58. The van der Waals surface area contributed by atoms with Gasteiger partial charge in [0, 0.05) is 58.6 Å². The average Bonchev–Trinajstić information content (AvgIpc) is 3.87. The number of rotatable bonds is 2. The van der Waals surface area contributed by atoms with Gasteiger partial charge in [0.15, 0.2) is 0 Å². The van der Waals surface area contributed by atoms with E-state index in [2.05, 4.69) is 173 Å². The van der Waals surface area contributed by atoms with Gasteiger partial charge in [-0.15, -0.1) is 11.3 Å². The highest BCUT2D eigenvalue weighted by atomic mass is 32.1. The van der Waals surface area contributed by atoms with Crippen molar-refractivity contribution in [1.82, 2.24) is 9.13 Å². The van der Waals surface area contributed by atoms with Crippen molar-refractivity contribution in [2.75, 3.05) is 0 Å². The smallest absolute Gasteiger partial charge is 0.252 e. The Labute approximate surface area is 303 Å². The minimum absolute atomic E-state index is 0.0742. The molecule has 0 radical (unpaired) electrons. The highest BCUT2D eigenvalue weighted by Crippen LogP contribution is 2.45. The van der Waals surface area contributed by atoms with E-state index in [1.807, 2.05) is 11.3 Å². The van der Waals surface area contributed by atoms with Crippen LogP contribution in [0.2, 0.25) is 0 Å². The summed E-state index contributed by atoms with van der Waals surface area (Å²) in [6.45, 7) is 0.0742. The normalized spacial score (nSPS) is 13.0. The van der Waals surface area contributed by atoms with Gasteiger partial charge in [-0.1, -0.05) is 121 Å². The first-order valence-electron chi connectivity index (χ1n) is 18.1. The first kappa shape index (κ1) is 27.4. The van der Waals surface area contributed by atoms with Crippen LogP contribution >= 0.6 is 11.3 Å². The van der Waals surface area contributed by atoms with Gasteiger partial charge in [0.2, 0.25) is 0 Å². The largest absolute Gasteiger partial charge is 0.310 e. The molecule has 238 valence electrons. The van der Waals surface area contributed by atoms with Gasteiger partial charge in [0.1, 0.15) is 0 Å². The summed E-state index contributed by atoms with van der Waals surface area (Å²) in [5.41, 5.74) is 16.9. The van der Waals surface area contributed by atoms with E-state index in [4.69, 9.17) is 0 Å². The Kier molecular flexibility index (Phi) is 5.11. The summed E-state index contributed by atoms with van der Waals surface area (Å²) in [5.74, 6) is 0. The molecule has 52 heavy (non-hydrogen) atoms. The van der Waals surface area contributed by atoms with Crippen LogP contribution in [0.3, 0.4) is 0 Å². The molecular weight excluding hydrogens is 647 g/mol. The molecule has 3 aromatic heterocycles. The van der Waals surface area contributed by atoms with Gasteiger partial charge in [0.25, 0.3) is 6.71 Å². The lowest BCUT2D eigenvalue weighted by Crippen LogP contribution is -2.59. The van der Waals surface area contributed by atoms with E-state index in [1.54, 1.807) is 0 Å². The van der Waals surface area contributed by atoms with Crippen molar-refractivity contribution in [3.05, 3.63) is 164 Å². The van der Waals surface area contributed by atoms with Crippen LogP contribution in [0.5, 0.6) is 0 Å². The molecule has 2 aliphatic rings. The van der Waals surface area contributed by atoms with Crippen molar-refractivity contribution < 1.29 is 0 Å². The van der Waals surface area contributed by atoms with Gasteiger partial charge in [-0.3, -0.25) is 0 Å². The summed E-state index contributed by atoms with van der Waals surface area (Å²) in [6.07, 6.45) is 0. The molecule has 0 N–H and O–H groups in total. The van der Waals surface area contributed by atoms with Gasteiger partial charge < -0.3 is 9.13 Å². The second kappa shape index (κ2) is 9.70. The molecule has 5 heterocycles. The lowest BCUT2D eigenvalue weighted by Gasteiger charge is -2.34. The fraction of sp³-hybridized carbons (Fsp3) is 0. The molecule has 8 aromatic carbocycles. The summed E-state index contributed by atoms with van der Waals surface area (Å²) >= 11 is 1.94. The summed E-state index contributed by atoms with van der Waals surface area (Å²) in [4.78, 5) is 0. The van der Waals surface area contributed by atoms with Gasteiger partial charge in [0.05, 0.1) is 16.6 Å². The quantitative estimate of drug-likeness (QED) is 0.162. The molecule has 0 aliphatic carbocycles. The molecule has 11 aromatic rings. The number of aromatic nitrogens is 2. The zero-order valence-electron chi connectivity index (χ0n) is 28.0. The topological polar surface area (TPSA) is 9.86 Å². The molecule has 2 nitrogen and oxygen atoms in total. The zero-order valence-corrected chi connectivity index (χ0v) is 28.8. The fourth-order valence-corrected chi connectivity index (χ4v) is 11.1. The summed E-state index contributed by atoms with van der Waals surface area (Å²) in [7, 11) is 0. The Bertz CT molecular complexity index is 3360. The highest BCUT2D eigenvalue weighted by Gasteiger charge is 2.41. The van der Waals surface area contributed by atoms with Crippen LogP contribution < -0.4 is 16.4 Å². The van der Waals surface area contributed by atoms with Gasteiger partial charge in [-0.25, -0.2) is 0 Å². The van der Waals surface area contributed by atoms with E-state index in [1.165, 1.54) is 114 Å². The van der Waals surface area contributed by atoms with Gasteiger partial charge in [-0.05, 0) is 81.1 Å². The first-order valence-corrected chi connectivity index (χ1v) is 18.9. The van der Waals surface area contributed by atoms with Gasteiger partial charge >= 0.3 is 0 Å². The van der Waals surface area contributed by atoms with Crippen LogP contribution in [0.15, 0.2) is 164 Å². The molecule has 0 unspecified atom stereocenters. The minimum Gasteiger partial charge on any atom is -0.310 e. The molecule has 0 saturated carbocycles. The monoisotopic (exact) mass is 674 g/mol. The molecule has 0 amide bonds. The third-order valence-corrected chi connectivity index (χ3v) is 13.1. The molecule has 0 atom stereocenters. The molecule has 13 rings (SSSR count). The number of nitrogens with zero attached hydrogens (tertiary/aromatic N) is 2. The Morgan fingerprint density at radius 1 is 0.404 bits per heavy atom. The van der Waals surface area contributed by atoms with Crippen LogP contribution in [-0.4, -0.2) is 15.8 Å². The molecular formula is C48H27BN2S. The molecule has 0 saturated heterocycles. The number of fused-ring (bicyclic) bond motifs is 14. The fourth-order valence-electron chi connectivity index (χ4n) is 9.81. The highest BCUT2D eigenvalue weighted by molar-refractivity contribution is 7.27. The Hall–Kier alpha value is -6.36. The Balaban J connectivity index is 1.21. The van der Waals surface area contributed by atoms with E-state index in [9.17, 15) is 0 Å². The number of thiophene rings is 1. The van der Waals surface area contributed by atoms with Crippen LogP contribution in [0.25, 0.3) is 97.4 Å². The molecule has 4 heteroatoms. The second-order valence-electron chi connectivity index (χ2n) is 14.4. The van der Waals surface area contributed by atoms with E-state index < -0.39 is 0 Å². The third kappa shape index (κ3) is 3.32. The van der Waals surface area contributed by atoms with Crippen molar-refractivity contribution in [3.63, 3.8) is 0 Å². The van der Waals surface area contributed by atoms with Crippen LogP contribution in [-0.2, 0) is 0 Å². The zero-order chi connectivity index (χ0) is 33.7. The predicted molar refractivity (Wildman–Crippen MR) is 224 cm³/mol. The van der Waals surface area contributed by atoms with E-state index in [0.29, 0.717) is 0 Å². The first-order chi connectivity index (χ1) is 25.8. The predicted octanol–water partition coefficient (Wildman–Crippen LogP) is 10.7. The second-order valence-corrected chi connectivity index (χ2v) is 15.5. The van der Waals surface area contributed by atoms with Crippen LogP contribution in [0.4, 0.5) is 0 Å². The number of benzene rings is 8. The average molecular weight is 675 g/mol. The van der Waals surface area contributed by atoms with Gasteiger partial charge in [-0.2, -0.15) is 0 Å². The lowest BCUT2D eigenvalue weighted by atomic mass is 9.34.